The van der Waals surface area contributed by atoms with Crippen LogP contribution in [0, 0.1) is 11.3 Å². The summed E-state index contributed by atoms with van der Waals surface area (Å²) in [6.45, 7) is 6.57. The van der Waals surface area contributed by atoms with Crippen molar-refractivity contribution in [3.05, 3.63) is 70.9 Å². The van der Waals surface area contributed by atoms with Crippen LogP contribution in [0.5, 0.6) is 0 Å². The molecule has 5 rings (SSSR count). The van der Waals surface area contributed by atoms with Crippen LogP contribution in [0.15, 0.2) is 48.5 Å². The predicted octanol–water partition coefficient (Wildman–Crippen LogP) is 3.33. The third kappa shape index (κ3) is 4.68. The van der Waals surface area contributed by atoms with Gasteiger partial charge in [0, 0.05) is 50.7 Å². The number of nitrogens with zero attached hydrogens (tertiary/aromatic N) is 4. The van der Waals surface area contributed by atoms with Crippen molar-refractivity contribution in [2.75, 3.05) is 39.3 Å². The summed E-state index contributed by atoms with van der Waals surface area (Å²) >= 11 is 0. The van der Waals surface area contributed by atoms with Crippen LogP contribution in [0.25, 0.3) is 10.9 Å². The molecule has 2 aliphatic rings. The summed E-state index contributed by atoms with van der Waals surface area (Å²) in [6, 6.07) is 19.0. The largest absolute Gasteiger partial charge is 0.373 e. The molecule has 2 fully saturated rings. The first-order valence-corrected chi connectivity index (χ1v) is 12.1. The van der Waals surface area contributed by atoms with Gasteiger partial charge in [0.2, 0.25) is 0 Å². The number of benzene rings is 2. The highest BCUT2D eigenvalue weighted by Crippen LogP contribution is 2.31. The van der Waals surface area contributed by atoms with Gasteiger partial charge in [-0.15, -0.1) is 0 Å². The average molecular weight is 444 g/mol. The van der Waals surface area contributed by atoms with Gasteiger partial charge in [-0.3, -0.25) is 9.80 Å². The molecule has 0 spiro atoms. The average Bonchev–Trinajstić information content (AvgIpc) is 3.20. The van der Waals surface area contributed by atoms with Gasteiger partial charge in [-0.1, -0.05) is 18.2 Å². The maximum atomic E-state index is 11.2. The number of piperidine rings is 1. The minimum atomic E-state index is -0.596. The Bertz CT molecular complexity index is 1130. The van der Waals surface area contributed by atoms with Gasteiger partial charge >= 0.3 is 0 Å². The molecule has 6 nitrogen and oxygen atoms in total. The van der Waals surface area contributed by atoms with Crippen LogP contribution in [0.4, 0.5) is 0 Å². The van der Waals surface area contributed by atoms with E-state index < -0.39 is 6.23 Å². The fourth-order valence-corrected chi connectivity index (χ4v) is 5.34. The summed E-state index contributed by atoms with van der Waals surface area (Å²) < 4.78 is 2.15. The van der Waals surface area contributed by atoms with Crippen LogP contribution in [-0.2, 0) is 13.6 Å². The van der Waals surface area contributed by atoms with E-state index in [2.05, 4.69) is 57.1 Å². The number of aliphatic hydroxyl groups is 1. The molecule has 0 aliphatic carbocycles. The molecular weight excluding hydrogens is 410 g/mol. The molecule has 2 saturated heterocycles. The zero-order valence-corrected chi connectivity index (χ0v) is 19.4. The molecule has 3 aromatic rings. The molecular formula is C27H33N5O. The highest BCUT2D eigenvalue weighted by Gasteiger charge is 2.26. The number of hydrogen-bond acceptors (Lipinski definition) is 5. The first-order chi connectivity index (χ1) is 16.1. The third-order valence-corrected chi connectivity index (χ3v) is 7.42. The molecule has 3 heterocycles. The maximum Gasteiger partial charge on any atom is 0.148 e. The standard InChI is InChI=1S/C27H33N5O/c1-30-25-7-6-23(22-8-10-29-11-9-22)16-24(25)17-26(30)27(33)32-14-12-31(13-15-32)19-21-4-2-20(18-28)3-5-21/h2-7,16-17,22,27,29,33H,8-15,19H2,1H3. The Morgan fingerprint density at radius 3 is 2.45 bits per heavy atom. The minimum absolute atomic E-state index is 0.596. The molecule has 1 unspecified atom stereocenters. The van der Waals surface area contributed by atoms with Gasteiger partial charge in [0.25, 0.3) is 0 Å². The van der Waals surface area contributed by atoms with Crippen LogP contribution in [0.1, 0.15) is 47.4 Å². The topological polar surface area (TPSA) is 67.5 Å². The lowest BCUT2D eigenvalue weighted by molar-refractivity contribution is -0.0324. The van der Waals surface area contributed by atoms with E-state index >= 15 is 0 Å². The van der Waals surface area contributed by atoms with E-state index in [1.165, 1.54) is 34.9 Å². The van der Waals surface area contributed by atoms with Crippen molar-refractivity contribution < 1.29 is 5.11 Å². The van der Waals surface area contributed by atoms with E-state index in [1.54, 1.807) is 0 Å². The van der Waals surface area contributed by atoms with Crippen molar-refractivity contribution in [2.45, 2.75) is 31.5 Å². The number of nitriles is 1. The first kappa shape index (κ1) is 22.1. The summed E-state index contributed by atoms with van der Waals surface area (Å²) in [6.07, 6.45) is 1.79. The van der Waals surface area contributed by atoms with Gasteiger partial charge in [0.05, 0.1) is 17.3 Å². The smallest absolute Gasteiger partial charge is 0.148 e. The Kier molecular flexibility index (Phi) is 6.48. The van der Waals surface area contributed by atoms with Crippen molar-refractivity contribution in [3.8, 4) is 6.07 Å². The Morgan fingerprint density at radius 2 is 1.76 bits per heavy atom. The molecule has 1 atom stereocenters. The second-order valence-corrected chi connectivity index (χ2v) is 9.47. The molecule has 0 amide bonds. The Hall–Kier alpha value is -2.69. The van der Waals surface area contributed by atoms with E-state index in [1.807, 2.05) is 24.3 Å². The van der Waals surface area contributed by atoms with Crippen LogP contribution >= 0.6 is 0 Å². The van der Waals surface area contributed by atoms with E-state index in [0.29, 0.717) is 11.5 Å². The van der Waals surface area contributed by atoms with E-state index in [4.69, 9.17) is 5.26 Å². The Balaban J connectivity index is 1.24. The molecule has 0 saturated carbocycles. The first-order valence-electron chi connectivity index (χ1n) is 12.1. The second-order valence-electron chi connectivity index (χ2n) is 9.47. The van der Waals surface area contributed by atoms with Gasteiger partial charge in [-0.05, 0) is 73.3 Å². The third-order valence-electron chi connectivity index (χ3n) is 7.42. The van der Waals surface area contributed by atoms with Gasteiger partial charge < -0.3 is 15.0 Å². The quantitative estimate of drug-likeness (QED) is 0.633. The fourth-order valence-electron chi connectivity index (χ4n) is 5.34. The highest BCUT2D eigenvalue weighted by atomic mass is 16.3. The zero-order valence-electron chi connectivity index (χ0n) is 19.4. The number of fused-ring (bicyclic) bond motifs is 1. The van der Waals surface area contributed by atoms with Gasteiger partial charge in [-0.25, -0.2) is 0 Å². The molecule has 2 aromatic carbocycles. The van der Waals surface area contributed by atoms with Crippen LogP contribution < -0.4 is 5.32 Å². The monoisotopic (exact) mass is 443 g/mol. The molecule has 0 bridgehead atoms. The SMILES string of the molecule is Cn1c(C(O)N2CCN(Cc3ccc(C#N)cc3)CC2)cc2cc(C3CCNCC3)ccc21. The number of aliphatic hydroxyl groups excluding tert-OH is 1. The van der Waals surface area contributed by atoms with Crippen molar-refractivity contribution in [1.82, 2.24) is 19.7 Å². The number of piperazine rings is 1. The summed E-state index contributed by atoms with van der Waals surface area (Å²) in [5.74, 6) is 0.633. The molecule has 0 radical (unpaired) electrons. The summed E-state index contributed by atoms with van der Waals surface area (Å²) in [7, 11) is 2.06. The molecule has 2 aliphatic heterocycles. The predicted molar refractivity (Wildman–Crippen MR) is 131 cm³/mol. The van der Waals surface area contributed by atoms with Gasteiger partial charge in [0.15, 0.2) is 0 Å². The summed E-state index contributed by atoms with van der Waals surface area (Å²) in [5, 5.41) is 24.9. The number of nitrogens with one attached hydrogen (secondary N) is 1. The maximum absolute atomic E-state index is 11.2. The molecule has 33 heavy (non-hydrogen) atoms. The van der Waals surface area contributed by atoms with Crippen LogP contribution in [-0.4, -0.2) is 58.7 Å². The summed E-state index contributed by atoms with van der Waals surface area (Å²) in [4.78, 5) is 4.59. The molecule has 2 N–H and O–H groups in total. The zero-order chi connectivity index (χ0) is 22.8. The fraction of sp³-hybridized carbons (Fsp3) is 0.444. The lowest BCUT2D eigenvalue weighted by Gasteiger charge is -2.37. The highest BCUT2D eigenvalue weighted by molar-refractivity contribution is 5.82. The minimum Gasteiger partial charge on any atom is -0.373 e. The van der Waals surface area contributed by atoms with E-state index in [0.717, 1.165) is 51.5 Å². The Labute approximate surface area is 196 Å². The van der Waals surface area contributed by atoms with Crippen molar-refractivity contribution in [1.29, 1.82) is 5.26 Å². The lowest BCUT2D eigenvalue weighted by Crippen LogP contribution is -2.47. The lowest BCUT2D eigenvalue weighted by atomic mass is 9.90. The van der Waals surface area contributed by atoms with Crippen molar-refractivity contribution in [3.63, 3.8) is 0 Å². The van der Waals surface area contributed by atoms with E-state index in [9.17, 15) is 5.11 Å². The van der Waals surface area contributed by atoms with Crippen molar-refractivity contribution >= 4 is 10.9 Å². The normalized spacial score (nSPS) is 19.5. The second kappa shape index (κ2) is 9.66. The molecule has 172 valence electrons. The van der Waals surface area contributed by atoms with Crippen LogP contribution in [0.2, 0.25) is 0 Å². The molecule has 6 heteroatoms. The summed E-state index contributed by atoms with van der Waals surface area (Å²) in [5.41, 5.74) is 5.49. The number of aromatic nitrogens is 1. The van der Waals surface area contributed by atoms with Gasteiger partial charge in [-0.2, -0.15) is 5.26 Å². The molecule has 1 aromatic heterocycles. The Morgan fingerprint density at radius 1 is 1.03 bits per heavy atom. The number of hydrogen-bond donors (Lipinski definition) is 2. The van der Waals surface area contributed by atoms with Crippen LogP contribution in [0.3, 0.4) is 0 Å². The van der Waals surface area contributed by atoms with Gasteiger partial charge in [0.1, 0.15) is 6.23 Å². The van der Waals surface area contributed by atoms with E-state index in [-0.39, 0.29) is 0 Å². The number of rotatable bonds is 5. The number of aryl methyl sites for hydroxylation is 1. The van der Waals surface area contributed by atoms with Crippen molar-refractivity contribution in [2.24, 2.45) is 7.05 Å².